The largest absolute Gasteiger partial charge is 0.226 e. The van der Waals surface area contributed by atoms with Gasteiger partial charge < -0.3 is 0 Å². The van der Waals surface area contributed by atoms with E-state index >= 15 is 0 Å². The maximum Gasteiger partial charge on any atom is 0.226 e. The van der Waals surface area contributed by atoms with Crippen LogP contribution in [0, 0.1) is 19.3 Å². The second-order valence-electron chi connectivity index (χ2n) is 3.03. The van der Waals surface area contributed by atoms with E-state index in [2.05, 4.69) is 41.1 Å². The molecule has 1 heterocycles. The highest BCUT2D eigenvalue weighted by Crippen LogP contribution is 2.17. The molecule has 0 amide bonds. The highest BCUT2D eigenvalue weighted by Gasteiger charge is 2.09. The Labute approximate surface area is 81.6 Å². The SMILES string of the molecule is C#CC[n+]1csc2cc(C)ccc21. The first-order valence-electron chi connectivity index (χ1n) is 4.12. The molecule has 2 aromatic rings. The molecule has 0 N–H and O–H groups in total. The number of aromatic nitrogens is 1. The molecule has 64 valence electrons. The summed E-state index contributed by atoms with van der Waals surface area (Å²) in [6, 6.07) is 6.42. The molecule has 0 atom stereocenters. The molecule has 0 saturated carbocycles. The number of benzene rings is 1. The van der Waals surface area contributed by atoms with Crippen LogP contribution in [0.4, 0.5) is 0 Å². The van der Waals surface area contributed by atoms with Gasteiger partial charge in [-0.15, -0.1) is 6.42 Å². The minimum absolute atomic E-state index is 0.656. The molecule has 0 radical (unpaired) electrons. The monoisotopic (exact) mass is 188 g/mol. The van der Waals surface area contributed by atoms with Crippen molar-refractivity contribution in [3.05, 3.63) is 29.3 Å². The Morgan fingerprint density at radius 3 is 3.15 bits per heavy atom. The summed E-state index contributed by atoms with van der Waals surface area (Å²) in [5.74, 6) is 2.65. The fraction of sp³-hybridized carbons (Fsp3) is 0.182. The van der Waals surface area contributed by atoms with Crippen LogP contribution in [0.5, 0.6) is 0 Å². The molecule has 0 saturated heterocycles. The zero-order valence-electron chi connectivity index (χ0n) is 7.45. The van der Waals surface area contributed by atoms with E-state index in [0.717, 1.165) is 0 Å². The van der Waals surface area contributed by atoms with Crippen LogP contribution in [-0.2, 0) is 6.54 Å². The number of hydrogen-bond acceptors (Lipinski definition) is 1. The van der Waals surface area contributed by atoms with Crippen LogP contribution in [-0.4, -0.2) is 0 Å². The predicted molar refractivity (Wildman–Crippen MR) is 55.6 cm³/mol. The Morgan fingerprint density at radius 2 is 2.38 bits per heavy atom. The van der Waals surface area contributed by atoms with Gasteiger partial charge in [0.15, 0.2) is 0 Å². The second kappa shape index (κ2) is 3.20. The summed E-state index contributed by atoms with van der Waals surface area (Å²) < 4.78 is 3.40. The summed E-state index contributed by atoms with van der Waals surface area (Å²) in [6.45, 7) is 2.76. The number of terminal acetylenes is 1. The van der Waals surface area contributed by atoms with Crippen molar-refractivity contribution in [3.63, 3.8) is 0 Å². The van der Waals surface area contributed by atoms with Gasteiger partial charge in [0.2, 0.25) is 17.6 Å². The zero-order valence-corrected chi connectivity index (χ0v) is 8.27. The minimum atomic E-state index is 0.656. The van der Waals surface area contributed by atoms with Gasteiger partial charge in [0.1, 0.15) is 4.70 Å². The Balaban J connectivity index is 2.63. The smallest absolute Gasteiger partial charge is 0.177 e. The van der Waals surface area contributed by atoms with Crippen molar-refractivity contribution in [1.82, 2.24) is 0 Å². The molecule has 0 aliphatic rings. The van der Waals surface area contributed by atoms with E-state index in [1.807, 2.05) is 0 Å². The first kappa shape index (κ1) is 8.28. The molecule has 0 unspecified atom stereocenters. The molecule has 0 spiro atoms. The molecule has 0 bridgehead atoms. The molecule has 0 fully saturated rings. The lowest BCUT2D eigenvalue weighted by Gasteiger charge is -1.89. The van der Waals surface area contributed by atoms with Crippen molar-refractivity contribution in [1.29, 1.82) is 0 Å². The van der Waals surface area contributed by atoms with E-state index in [-0.39, 0.29) is 0 Å². The van der Waals surface area contributed by atoms with Crippen LogP contribution in [0.2, 0.25) is 0 Å². The van der Waals surface area contributed by atoms with Gasteiger partial charge in [0, 0.05) is 6.07 Å². The summed E-state index contributed by atoms with van der Waals surface area (Å²) in [6.07, 6.45) is 5.27. The normalized spacial score (nSPS) is 10.2. The van der Waals surface area contributed by atoms with E-state index in [4.69, 9.17) is 6.42 Å². The molecule has 13 heavy (non-hydrogen) atoms. The van der Waals surface area contributed by atoms with Gasteiger partial charge in [0.05, 0.1) is 0 Å². The summed E-state index contributed by atoms with van der Waals surface area (Å²) in [5.41, 5.74) is 4.60. The maximum atomic E-state index is 5.27. The Hall–Kier alpha value is -1.33. The molecule has 1 aromatic carbocycles. The van der Waals surface area contributed by atoms with Gasteiger partial charge >= 0.3 is 0 Å². The highest BCUT2D eigenvalue weighted by molar-refractivity contribution is 7.16. The van der Waals surface area contributed by atoms with Gasteiger partial charge in [-0.2, -0.15) is 4.57 Å². The van der Waals surface area contributed by atoms with Gasteiger partial charge in [0.25, 0.3) is 0 Å². The van der Waals surface area contributed by atoms with Crippen LogP contribution in [0.25, 0.3) is 10.2 Å². The third kappa shape index (κ3) is 1.43. The number of hydrogen-bond donors (Lipinski definition) is 0. The van der Waals surface area contributed by atoms with Gasteiger partial charge in [-0.1, -0.05) is 17.4 Å². The molecule has 1 aromatic heterocycles. The van der Waals surface area contributed by atoms with Gasteiger partial charge in [-0.25, -0.2) is 0 Å². The summed E-state index contributed by atoms with van der Waals surface area (Å²) in [4.78, 5) is 0. The van der Waals surface area contributed by atoms with E-state index < -0.39 is 0 Å². The number of thiazole rings is 1. The lowest BCUT2D eigenvalue weighted by atomic mass is 10.2. The van der Waals surface area contributed by atoms with Crippen molar-refractivity contribution in [2.45, 2.75) is 13.5 Å². The third-order valence-corrected chi connectivity index (χ3v) is 2.93. The zero-order chi connectivity index (χ0) is 9.26. The van der Waals surface area contributed by atoms with Crippen molar-refractivity contribution in [2.75, 3.05) is 0 Å². The topological polar surface area (TPSA) is 3.88 Å². The van der Waals surface area contributed by atoms with Crippen LogP contribution in [0.15, 0.2) is 23.7 Å². The standard InChI is InChI=1S/C11H10NS/c1-3-6-12-8-13-11-7-9(2)4-5-10(11)12/h1,4-5,7-8H,6H2,2H3/q+1. The minimum Gasteiger partial charge on any atom is -0.177 e. The van der Waals surface area contributed by atoms with Crippen LogP contribution < -0.4 is 4.57 Å². The van der Waals surface area contributed by atoms with Crippen molar-refractivity contribution >= 4 is 21.6 Å². The van der Waals surface area contributed by atoms with Crippen LogP contribution >= 0.6 is 11.3 Å². The number of aryl methyl sites for hydroxylation is 1. The summed E-state index contributed by atoms with van der Waals surface area (Å²) in [7, 11) is 0. The lowest BCUT2D eigenvalue weighted by molar-refractivity contribution is -0.654. The van der Waals surface area contributed by atoms with E-state index in [0.29, 0.717) is 6.54 Å². The first-order chi connectivity index (χ1) is 6.31. The van der Waals surface area contributed by atoms with Crippen molar-refractivity contribution < 1.29 is 4.57 Å². The van der Waals surface area contributed by atoms with Crippen LogP contribution in [0.1, 0.15) is 5.56 Å². The summed E-state index contributed by atoms with van der Waals surface area (Å²) >= 11 is 1.74. The quantitative estimate of drug-likeness (QED) is 0.477. The first-order valence-corrected chi connectivity index (χ1v) is 5.00. The number of fused-ring (bicyclic) bond motifs is 1. The van der Waals surface area contributed by atoms with E-state index in [9.17, 15) is 0 Å². The second-order valence-corrected chi connectivity index (χ2v) is 3.91. The lowest BCUT2D eigenvalue weighted by Crippen LogP contribution is -2.30. The van der Waals surface area contributed by atoms with E-state index in [1.54, 1.807) is 11.3 Å². The highest BCUT2D eigenvalue weighted by atomic mass is 32.1. The van der Waals surface area contributed by atoms with Crippen LogP contribution in [0.3, 0.4) is 0 Å². The average molecular weight is 188 g/mol. The predicted octanol–water partition coefficient (Wildman–Crippen LogP) is 2.13. The van der Waals surface area contributed by atoms with Crippen molar-refractivity contribution in [2.24, 2.45) is 0 Å². The number of nitrogens with zero attached hydrogens (tertiary/aromatic N) is 1. The Bertz CT molecular complexity index is 476. The molecule has 0 aliphatic carbocycles. The third-order valence-electron chi connectivity index (χ3n) is 1.99. The molecular weight excluding hydrogens is 178 g/mol. The fourth-order valence-electron chi connectivity index (χ4n) is 1.35. The molecule has 0 aliphatic heterocycles. The van der Waals surface area contributed by atoms with Crippen molar-refractivity contribution in [3.8, 4) is 12.3 Å². The average Bonchev–Trinajstić information content (AvgIpc) is 2.49. The molecular formula is C11H10NS+. The van der Waals surface area contributed by atoms with Gasteiger partial charge in [-0.3, -0.25) is 0 Å². The number of rotatable bonds is 1. The fourth-order valence-corrected chi connectivity index (χ4v) is 2.34. The van der Waals surface area contributed by atoms with E-state index in [1.165, 1.54) is 15.8 Å². The Morgan fingerprint density at radius 1 is 1.54 bits per heavy atom. The molecule has 2 rings (SSSR count). The molecule has 2 heteroatoms. The maximum absolute atomic E-state index is 5.27. The molecule has 1 nitrogen and oxygen atoms in total. The summed E-state index contributed by atoms with van der Waals surface area (Å²) in [5, 5.41) is 0. The Kier molecular flexibility index (Phi) is 2.03. The van der Waals surface area contributed by atoms with Gasteiger partial charge in [-0.05, 0) is 24.5 Å².